The van der Waals surface area contributed by atoms with Gasteiger partial charge in [0.25, 0.3) is 5.91 Å². The van der Waals surface area contributed by atoms with Crippen LogP contribution in [0.4, 0.5) is 0 Å². The highest BCUT2D eigenvalue weighted by Crippen LogP contribution is 2.12. The second kappa shape index (κ2) is 4.77. The third kappa shape index (κ3) is 2.58. The molecule has 2 atom stereocenters. The van der Waals surface area contributed by atoms with Gasteiger partial charge in [-0.15, -0.1) is 11.3 Å². The predicted octanol–water partition coefficient (Wildman–Crippen LogP) is 1.62. The average Bonchev–Trinajstić information content (AvgIpc) is 2.74. The Hall–Kier alpha value is -0.870. The lowest BCUT2D eigenvalue weighted by Crippen LogP contribution is -2.51. The number of carbonyl (C=O) groups is 1. The molecule has 1 fully saturated rings. The zero-order valence-electron chi connectivity index (χ0n) is 8.82. The van der Waals surface area contributed by atoms with Gasteiger partial charge < -0.3 is 10.6 Å². The van der Waals surface area contributed by atoms with E-state index in [1.165, 1.54) is 11.3 Å². The predicted molar refractivity (Wildman–Crippen MR) is 62.3 cm³/mol. The van der Waals surface area contributed by atoms with Crippen molar-refractivity contribution >= 4 is 17.2 Å². The normalized spacial score (nSPS) is 26.2. The molecule has 0 aromatic carbocycles. The van der Waals surface area contributed by atoms with Crippen LogP contribution in [0.3, 0.4) is 0 Å². The lowest BCUT2D eigenvalue weighted by Gasteiger charge is -2.30. The summed E-state index contributed by atoms with van der Waals surface area (Å²) in [6.45, 7) is 3.19. The number of nitrogens with one attached hydrogen (secondary N) is 2. The maximum absolute atomic E-state index is 11.8. The molecule has 82 valence electrons. The molecule has 1 aliphatic heterocycles. The molecule has 2 heterocycles. The first-order valence-corrected chi connectivity index (χ1v) is 6.23. The molecule has 0 bridgehead atoms. The Kier molecular flexibility index (Phi) is 3.38. The van der Waals surface area contributed by atoms with Crippen LogP contribution in [0.5, 0.6) is 0 Å². The van der Waals surface area contributed by atoms with E-state index in [1.807, 2.05) is 17.5 Å². The van der Waals surface area contributed by atoms with Gasteiger partial charge in [-0.1, -0.05) is 6.07 Å². The van der Waals surface area contributed by atoms with Crippen molar-refractivity contribution in [1.29, 1.82) is 0 Å². The van der Waals surface area contributed by atoms with Crippen LogP contribution < -0.4 is 10.6 Å². The Labute approximate surface area is 93.9 Å². The van der Waals surface area contributed by atoms with E-state index in [9.17, 15) is 4.79 Å². The van der Waals surface area contributed by atoms with Crippen LogP contribution in [-0.2, 0) is 0 Å². The number of amides is 1. The second-order valence-electron chi connectivity index (χ2n) is 3.94. The first-order chi connectivity index (χ1) is 7.27. The largest absolute Gasteiger partial charge is 0.347 e. The van der Waals surface area contributed by atoms with Crippen molar-refractivity contribution in [3.63, 3.8) is 0 Å². The highest BCUT2D eigenvalue weighted by molar-refractivity contribution is 7.12. The van der Waals surface area contributed by atoms with Gasteiger partial charge in [0.2, 0.25) is 0 Å². The molecule has 1 aliphatic rings. The molecule has 0 radical (unpaired) electrons. The van der Waals surface area contributed by atoms with E-state index in [2.05, 4.69) is 17.6 Å². The van der Waals surface area contributed by atoms with Gasteiger partial charge in [0.1, 0.15) is 0 Å². The second-order valence-corrected chi connectivity index (χ2v) is 4.89. The Morgan fingerprint density at radius 2 is 2.53 bits per heavy atom. The molecule has 15 heavy (non-hydrogen) atoms. The van der Waals surface area contributed by atoms with Crippen molar-refractivity contribution in [2.24, 2.45) is 0 Å². The summed E-state index contributed by atoms with van der Waals surface area (Å²) in [6.07, 6.45) is 2.21. The maximum Gasteiger partial charge on any atom is 0.261 e. The molecular formula is C11H16N2OS. The van der Waals surface area contributed by atoms with Gasteiger partial charge in [0.05, 0.1) is 4.88 Å². The number of rotatable bonds is 2. The fraction of sp³-hybridized carbons (Fsp3) is 0.545. The van der Waals surface area contributed by atoms with E-state index in [0.29, 0.717) is 6.04 Å². The van der Waals surface area contributed by atoms with Gasteiger partial charge in [-0.3, -0.25) is 4.79 Å². The molecule has 2 N–H and O–H groups in total. The molecule has 1 aromatic heterocycles. The standard InChI is InChI=1S/C11H16N2OS/c1-8-9(4-2-6-12-8)13-11(14)10-5-3-7-15-10/h3,5,7-9,12H,2,4,6H2,1H3,(H,13,14). The van der Waals surface area contributed by atoms with Gasteiger partial charge in [0.15, 0.2) is 0 Å². The summed E-state index contributed by atoms with van der Waals surface area (Å²) >= 11 is 1.49. The van der Waals surface area contributed by atoms with E-state index in [1.54, 1.807) is 0 Å². The molecule has 1 aromatic rings. The quantitative estimate of drug-likeness (QED) is 0.801. The third-order valence-electron chi connectivity index (χ3n) is 2.82. The third-order valence-corrected chi connectivity index (χ3v) is 3.69. The van der Waals surface area contributed by atoms with Crippen LogP contribution in [0.2, 0.25) is 0 Å². The van der Waals surface area contributed by atoms with E-state index < -0.39 is 0 Å². The number of hydrogen-bond acceptors (Lipinski definition) is 3. The lowest BCUT2D eigenvalue weighted by molar-refractivity contribution is 0.0924. The number of thiophene rings is 1. The minimum Gasteiger partial charge on any atom is -0.347 e. The Bertz CT molecular complexity index is 323. The van der Waals surface area contributed by atoms with Crippen LogP contribution in [0.15, 0.2) is 17.5 Å². The van der Waals surface area contributed by atoms with E-state index in [0.717, 1.165) is 24.3 Å². The van der Waals surface area contributed by atoms with Crippen LogP contribution in [0.25, 0.3) is 0 Å². The smallest absolute Gasteiger partial charge is 0.261 e. The Balaban J connectivity index is 1.93. The minimum atomic E-state index is 0.0607. The van der Waals surface area contributed by atoms with E-state index >= 15 is 0 Å². The van der Waals surface area contributed by atoms with Gasteiger partial charge in [0, 0.05) is 12.1 Å². The summed E-state index contributed by atoms with van der Waals surface area (Å²) in [7, 11) is 0. The molecule has 2 rings (SSSR count). The molecule has 0 saturated carbocycles. The summed E-state index contributed by atoms with van der Waals surface area (Å²) in [5, 5.41) is 8.38. The monoisotopic (exact) mass is 224 g/mol. The molecule has 0 aliphatic carbocycles. The summed E-state index contributed by atoms with van der Waals surface area (Å²) in [4.78, 5) is 12.6. The molecule has 1 saturated heterocycles. The fourth-order valence-electron chi connectivity index (χ4n) is 1.89. The van der Waals surface area contributed by atoms with Gasteiger partial charge in [-0.25, -0.2) is 0 Å². The molecule has 3 nitrogen and oxygen atoms in total. The van der Waals surface area contributed by atoms with Gasteiger partial charge in [-0.05, 0) is 37.8 Å². The van der Waals surface area contributed by atoms with Crippen molar-refractivity contribution in [1.82, 2.24) is 10.6 Å². The number of piperidine rings is 1. The number of carbonyl (C=O) groups excluding carboxylic acids is 1. The molecule has 1 amide bonds. The Morgan fingerprint density at radius 3 is 3.20 bits per heavy atom. The van der Waals surface area contributed by atoms with Crippen LogP contribution in [-0.4, -0.2) is 24.5 Å². The zero-order chi connectivity index (χ0) is 10.7. The summed E-state index contributed by atoms with van der Waals surface area (Å²) in [5.74, 6) is 0.0607. The van der Waals surface area contributed by atoms with Crippen LogP contribution >= 0.6 is 11.3 Å². The average molecular weight is 224 g/mol. The summed E-state index contributed by atoms with van der Waals surface area (Å²) in [6, 6.07) is 4.42. The Morgan fingerprint density at radius 1 is 1.67 bits per heavy atom. The lowest BCUT2D eigenvalue weighted by atomic mass is 10.00. The van der Waals surface area contributed by atoms with Crippen molar-refractivity contribution in [3.05, 3.63) is 22.4 Å². The first kappa shape index (κ1) is 10.6. The maximum atomic E-state index is 11.8. The highest BCUT2D eigenvalue weighted by Gasteiger charge is 2.22. The zero-order valence-corrected chi connectivity index (χ0v) is 9.64. The van der Waals surface area contributed by atoms with Crippen molar-refractivity contribution < 1.29 is 4.79 Å². The molecular weight excluding hydrogens is 208 g/mol. The summed E-state index contributed by atoms with van der Waals surface area (Å²) in [5.41, 5.74) is 0. The minimum absolute atomic E-state index is 0.0607. The van der Waals surface area contributed by atoms with E-state index in [-0.39, 0.29) is 11.9 Å². The van der Waals surface area contributed by atoms with Crippen molar-refractivity contribution in [2.45, 2.75) is 31.8 Å². The first-order valence-electron chi connectivity index (χ1n) is 5.35. The van der Waals surface area contributed by atoms with Crippen molar-refractivity contribution in [3.8, 4) is 0 Å². The van der Waals surface area contributed by atoms with Crippen molar-refractivity contribution in [2.75, 3.05) is 6.54 Å². The number of hydrogen-bond donors (Lipinski definition) is 2. The van der Waals surface area contributed by atoms with Gasteiger partial charge >= 0.3 is 0 Å². The molecule has 2 unspecified atom stereocenters. The van der Waals surface area contributed by atoms with Gasteiger partial charge in [-0.2, -0.15) is 0 Å². The molecule has 0 spiro atoms. The topological polar surface area (TPSA) is 41.1 Å². The SMILES string of the molecule is CC1NCCCC1NC(=O)c1cccs1. The fourth-order valence-corrected chi connectivity index (χ4v) is 2.52. The summed E-state index contributed by atoms with van der Waals surface area (Å²) < 4.78 is 0. The van der Waals surface area contributed by atoms with E-state index in [4.69, 9.17) is 0 Å². The van der Waals surface area contributed by atoms with Crippen LogP contribution in [0, 0.1) is 0 Å². The molecule has 4 heteroatoms. The van der Waals surface area contributed by atoms with Crippen LogP contribution in [0.1, 0.15) is 29.4 Å². The highest BCUT2D eigenvalue weighted by atomic mass is 32.1.